The monoisotopic (exact) mass is 234 g/mol. The molecule has 1 aliphatic rings. The average molecular weight is 234 g/mol. The lowest BCUT2D eigenvalue weighted by atomic mass is 10.1. The van der Waals surface area contributed by atoms with Crippen molar-refractivity contribution in [1.82, 2.24) is 4.98 Å². The van der Waals surface area contributed by atoms with Crippen molar-refractivity contribution in [3.05, 3.63) is 23.4 Å². The van der Waals surface area contributed by atoms with Crippen molar-refractivity contribution in [1.29, 1.82) is 0 Å². The third-order valence-corrected chi connectivity index (χ3v) is 3.49. The molecule has 0 saturated carbocycles. The molecule has 0 amide bonds. The van der Waals surface area contributed by atoms with Gasteiger partial charge in [-0.25, -0.2) is 4.98 Å². The smallest absolute Gasteiger partial charge is 0.128 e. The van der Waals surface area contributed by atoms with Crippen molar-refractivity contribution < 1.29 is 5.11 Å². The van der Waals surface area contributed by atoms with Crippen LogP contribution in [0.25, 0.3) is 0 Å². The first-order valence-corrected chi connectivity index (χ1v) is 6.59. The number of aliphatic hydroxyl groups is 1. The van der Waals surface area contributed by atoms with Crippen LogP contribution in [0.1, 0.15) is 50.0 Å². The Bertz CT molecular complexity index is 368. The Labute approximate surface area is 103 Å². The van der Waals surface area contributed by atoms with Gasteiger partial charge in [0, 0.05) is 24.3 Å². The van der Waals surface area contributed by atoms with E-state index in [1.54, 1.807) is 6.92 Å². The fourth-order valence-electron chi connectivity index (χ4n) is 2.48. The van der Waals surface area contributed by atoms with Crippen LogP contribution in [0.2, 0.25) is 0 Å². The molecule has 0 bridgehead atoms. The van der Waals surface area contributed by atoms with E-state index in [9.17, 15) is 5.11 Å². The van der Waals surface area contributed by atoms with E-state index in [-0.39, 0.29) is 0 Å². The number of pyridine rings is 1. The highest BCUT2D eigenvalue weighted by Crippen LogP contribution is 2.22. The Morgan fingerprint density at radius 2 is 1.82 bits per heavy atom. The first kappa shape index (κ1) is 12.4. The van der Waals surface area contributed by atoms with Gasteiger partial charge in [-0.05, 0) is 32.8 Å². The fraction of sp³-hybridized carbons (Fsp3) is 0.643. The Morgan fingerprint density at radius 1 is 1.18 bits per heavy atom. The van der Waals surface area contributed by atoms with Gasteiger partial charge in [-0.15, -0.1) is 0 Å². The summed E-state index contributed by atoms with van der Waals surface area (Å²) in [6.45, 7) is 5.99. The number of hydrogen-bond acceptors (Lipinski definition) is 3. The molecule has 2 heterocycles. The maximum atomic E-state index is 9.60. The molecule has 0 spiro atoms. The number of hydrogen-bond donors (Lipinski definition) is 1. The summed E-state index contributed by atoms with van der Waals surface area (Å²) < 4.78 is 0. The summed E-state index contributed by atoms with van der Waals surface area (Å²) in [5, 5.41) is 9.60. The molecule has 0 radical (unpaired) electrons. The van der Waals surface area contributed by atoms with Crippen molar-refractivity contribution in [3.8, 4) is 0 Å². The van der Waals surface area contributed by atoms with Gasteiger partial charge in [-0.1, -0.05) is 18.9 Å². The summed E-state index contributed by atoms with van der Waals surface area (Å²) in [5.41, 5.74) is 1.88. The van der Waals surface area contributed by atoms with Gasteiger partial charge in [0.15, 0.2) is 0 Å². The molecule has 1 N–H and O–H groups in total. The molecule has 94 valence electrons. The Hall–Kier alpha value is -1.09. The molecular weight excluding hydrogens is 212 g/mol. The number of nitrogens with zero attached hydrogens (tertiary/aromatic N) is 2. The highest BCUT2D eigenvalue weighted by molar-refractivity contribution is 5.42. The van der Waals surface area contributed by atoms with Gasteiger partial charge in [-0.3, -0.25) is 0 Å². The third-order valence-electron chi connectivity index (χ3n) is 3.49. The predicted octanol–water partition coefficient (Wildman–Crippen LogP) is 2.82. The van der Waals surface area contributed by atoms with Gasteiger partial charge >= 0.3 is 0 Å². The minimum atomic E-state index is -0.430. The Morgan fingerprint density at radius 3 is 2.35 bits per heavy atom. The van der Waals surface area contributed by atoms with Crippen molar-refractivity contribution in [2.45, 2.75) is 45.6 Å². The van der Waals surface area contributed by atoms with E-state index in [2.05, 4.69) is 9.88 Å². The summed E-state index contributed by atoms with van der Waals surface area (Å²) >= 11 is 0. The Balaban J connectivity index is 2.18. The molecule has 3 heteroatoms. The van der Waals surface area contributed by atoms with Crippen LogP contribution in [-0.4, -0.2) is 23.2 Å². The van der Waals surface area contributed by atoms with Crippen LogP contribution in [0.4, 0.5) is 5.82 Å². The maximum Gasteiger partial charge on any atom is 0.128 e. The van der Waals surface area contributed by atoms with E-state index in [1.165, 1.54) is 25.7 Å². The number of aliphatic hydroxyl groups excluding tert-OH is 1. The van der Waals surface area contributed by atoms with E-state index in [1.807, 2.05) is 19.1 Å². The molecule has 3 nitrogen and oxygen atoms in total. The van der Waals surface area contributed by atoms with Gasteiger partial charge < -0.3 is 10.0 Å². The molecule has 1 aromatic rings. The zero-order valence-electron chi connectivity index (χ0n) is 10.8. The molecule has 2 rings (SSSR count). The predicted molar refractivity (Wildman–Crippen MR) is 70.3 cm³/mol. The lowest BCUT2D eigenvalue weighted by Crippen LogP contribution is -2.25. The minimum Gasteiger partial charge on any atom is -0.389 e. The van der Waals surface area contributed by atoms with Crippen molar-refractivity contribution >= 4 is 5.82 Å². The van der Waals surface area contributed by atoms with E-state index in [4.69, 9.17) is 0 Å². The molecule has 0 aliphatic carbocycles. The average Bonchev–Trinajstić information content (AvgIpc) is 2.56. The second-order valence-electron chi connectivity index (χ2n) is 4.92. The largest absolute Gasteiger partial charge is 0.389 e. The van der Waals surface area contributed by atoms with Crippen LogP contribution < -0.4 is 4.90 Å². The highest BCUT2D eigenvalue weighted by atomic mass is 16.3. The topological polar surface area (TPSA) is 36.4 Å². The number of rotatable bonds is 2. The van der Waals surface area contributed by atoms with E-state index in [0.29, 0.717) is 0 Å². The Kier molecular flexibility index (Phi) is 4.00. The summed E-state index contributed by atoms with van der Waals surface area (Å²) in [5.74, 6) is 1.06. The van der Waals surface area contributed by atoms with E-state index < -0.39 is 6.10 Å². The summed E-state index contributed by atoms with van der Waals surface area (Å²) in [6, 6.07) is 4.05. The van der Waals surface area contributed by atoms with Crippen LogP contribution in [0.15, 0.2) is 12.1 Å². The molecule has 1 aliphatic heterocycles. The first-order valence-electron chi connectivity index (χ1n) is 6.59. The summed E-state index contributed by atoms with van der Waals surface area (Å²) in [6.07, 6.45) is 4.76. The van der Waals surface area contributed by atoms with Gasteiger partial charge in [-0.2, -0.15) is 0 Å². The van der Waals surface area contributed by atoms with Crippen molar-refractivity contribution in [2.75, 3.05) is 18.0 Å². The second kappa shape index (κ2) is 5.50. The summed E-state index contributed by atoms with van der Waals surface area (Å²) in [4.78, 5) is 6.99. The highest BCUT2D eigenvalue weighted by Gasteiger charge is 2.13. The SMILES string of the molecule is Cc1nc(N2CCCCCC2)ccc1[C@@H](C)O. The molecule has 0 aromatic carbocycles. The molecule has 17 heavy (non-hydrogen) atoms. The van der Waals surface area contributed by atoms with Gasteiger partial charge in [0.1, 0.15) is 5.82 Å². The van der Waals surface area contributed by atoms with E-state index in [0.717, 1.165) is 30.2 Å². The molecule has 1 saturated heterocycles. The first-order chi connectivity index (χ1) is 8.18. The number of anilines is 1. The van der Waals surface area contributed by atoms with Crippen LogP contribution in [0.5, 0.6) is 0 Å². The lowest BCUT2D eigenvalue weighted by molar-refractivity contribution is 0.198. The second-order valence-corrected chi connectivity index (χ2v) is 4.92. The number of aromatic nitrogens is 1. The van der Waals surface area contributed by atoms with Gasteiger partial charge in [0.05, 0.1) is 6.10 Å². The maximum absolute atomic E-state index is 9.60. The van der Waals surface area contributed by atoms with Crippen LogP contribution >= 0.6 is 0 Å². The third kappa shape index (κ3) is 2.97. The molecule has 1 fully saturated rings. The quantitative estimate of drug-likeness (QED) is 0.854. The van der Waals surface area contributed by atoms with Crippen molar-refractivity contribution in [3.63, 3.8) is 0 Å². The van der Waals surface area contributed by atoms with Crippen LogP contribution in [-0.2, 0) is 0 Å². The molecule has 1 atom stereocenters. The zero-order chi connectivity index (χ0) is 12.3. The minimum absolute atomic E-state index is 0.430. The van der Waals surface area contributed by atoms with Gasteiger partial charge in [0.2, 0.25) is 0 Å². The standard InChI is InChI=1S/C14H22N2O/c1-11-13(12(2)17)7-8-14(15-11)16-9-5-3-4-6-10-16/h7-8,12,17H,3-6,9-10H2,1-2H3/t12-/m1/s1. The molecule has 1 aromatic heterocycles. The normalized spacial score (nSPS) is 18.9. The van der Waals surface area contributed by atoms with Crippen molar-refractivity contribution in [2.24, 2.45) is 0 Å². The van der Waals surface area contributed by atoms with Gasteiger partial charge in [0.25, 0.3) is 0 Å². The van der Waals surface area contributed by atoms with Crippen LogP contribution in [0.3, 0.4) is 0 Å². The fourth-order valence-corrected chi connectivity index (χ4v) is 2.48. The molecular formula is C14H22N2O. The van der Waals surface area contributed by atoms with E-state index >= 15 is 0 Å². The summed E-state index contributed by atoms with van der Waals surface area (Å²) in [7, 11) is 0. The zero-order valence-corrected chi connectivity index (χ0v) is 10.8. The number of aryl methyl sites for hydroxylation is 1. The van der Waals surface area contributed by atoms with Crippen LogP contribution in [0, 0.1) is 6.92 Å². The molecule has 0 unspecified atom stereocenters. The lowest BCUT2D eigenvalue weighted by Gasteiger charge is -2.22.